The molecule has 2 aliphatic carbocycles. The third-order valence-electron chi connectivity index (χ3n) is 5.31. The number of carbonyl (C=O) groups excluding carboxylic acids is 1. The molecule has 0 aromatic heterocycles. The van der Waals surface area contributed by atoms with Crippen LogP contribution in [-0.2, 0) is 4.79 Å². The quantitative estimate of drug-likeness (QED) is 0.683. The Bertz CT molecular complexity index is 283. The van der Waals surface area contributed by atoms with Crippen molar-refractivity contribution in [1.82, 2.24) is 4.90 Å². The van der Waals surface area contributed by atoms with E-state index in [1.54, 1.807) is 0 Å². The minimum Gasteiger partial charge on any atom is -0.342 e. The van der Waals surface area contributed by atoms with Gasteiger partial charge in [0.05, 0.1) is 0 Å². The third-order valence-corrected chi connectivity index (χ3v) is 5.31. The summed E-state index contributed by atoms with van der Waals surface area (Å²) in [5.74, 6) is 2.72. The molecule has 1 saturated heterocycles. The summed E-state index contributed by atoms with van der Waals surface area (Å²) in [5, 5.41) is 0. The van der Waals surface area contributed by atoms with Crippen molar-refractivity contribution in [2.75, 3.05) is 13.1 Å². The van der Waals surface area contributed by atoms with E-state index in [1.807, 2.05) is 0 Å². The molecule has 96 valence electrons. The van der Waals surface area contributed by atoms with Crippen molar-refractivity contribution in [2.24, 2.45) is 17.8 Å². The van der Waals surface area contributed by atoms with Gasteiger partial charge in [-0.05, 0) is 43.9 Å². The van der Waals surface area contributed by atoms with Gasteiger partial charge in [0.15, 0.2) is 0 Å². The first-order valence-electron chi connectivity index (χ1n) is 7.63. The van der Waals surface area contributed by atoms with E-state index in [1.165, 1.54) is 57.8 Å². The summed E-state index contributed by atoms with van der Waals surface area (Å²) >= 11 is 0. The van der Waals surface area contributed by atoms with Crippen molar-refractivity contribution in [3.05, 3.63) is 0 Å². The van der Waals surface area contributed by atoms with Crippen LogP contribution in [0.3, 0.4) is 0 Å². The molecule has 3 rings (SSSR count). The van der Waals surface area contributed by atoms with Crippen LogP contribution in [0.15, 0.2) is 0 Å². The Kier molecular flexibility index (Phi) is 3.39. The van der Waals surface area contributed by atoms with Crippen LogP contribution in [0.25, 0.3) is 0 Å². The Morgan fingerprint density at radius 2 is 1.53 bits per heavy atom. The lowest BCUT2D eigenvalue weighted by Gasteiger charge is -2.39. The van der Waals surface area contributed by atoms with Gasteiger partial charge < -0.3 is 4.90 Å². The van der Waals surface area contributed by atoms with Gasteiger partial charge in [-0.2, -0.15) is 0 Å². The summed E-state index contributed by atoms with van der Waals surface area (Å²) in [5.41, 5.74) is 0. The maximum atomic E-state index is 12.4. The summed E-state index contributed by atoms with van der Waals surface area (Å²) in [4.78, 5) is 14.5. The van der Waals surface area contributed by atoms with Gasteiger partial charge in [0.1, 0.15) is 0 Å². The van der Waals surface area contributed by atoms with Gasteiger partial charge in [0.25, 0.3) is 0 Å². The Hall–Kier alpha value is -0.530. The number of carbonyl (C=O) groups is 1. The highest BCUT2D eigenvalue weighted by atomic mass is 16.2. The molecule has 0 bridgehead atoms. The van der Waals surface area contributed by atoms with Crippen LogP contribution in [0.5, 0.6) is 0 Å². The van der Waals surface area contributed by atoms with Gasteiger partial charge in [0, 0.05) is 19.0 Å². The highest BCUT2D eigenvalue weighted by Gasteiger charge is 2.36. The molecule has 3 aliphatic rings. The normalized spacial score (nSPS) is 37.9. The van der Waals surface area contributed by atoms with Gasteiger partial charge in [0.2, 0.25) is 5.91 Å². The molecule has 0 aromatic rings. The van der Waals surface area contributed by atoms with Gasteiger partial charge in [-0.3, -0.25) is 4.79 Å². The van der Waals surface area contributed by atoms with E-state index in [9.17, 15) is 4.79 Å². The zero-order valence-corrected chi connectivity index (χ0v) is 10.9. The number of hydrogen-bond donors (Lipinski definition) is 0. The molecular weight excluding hydrogens is 210 g/mol. The Balaban J connectivity index is 1.59. The number of hydrogen-bond acceptors (Lipinski definition) is 1. The first-order valence-corrected chi connectivity index (χ1v) is 7.63. The molecule has 2 nitrogen and oxygen atoms in total. The molecule has 1 amide bonds. The third kappa shape index (κ3) is 2.36. The molecule has 17 heavy (non-hydrogen) atoms. The molecule has 3 fully saturated rings. The van der Waals surface area contributed by atoms with E-state index in [0.717, 1.165) is 24.9 Å². The highest BCUT2D eigenvalue weighted by Crippen LogP contribution is 2.43. The standard InChI is InChI=1S/C15H25NO/c17-15(16-9-3-4-10-16)14-8-7-12-5-1-2-6-13(12)11-14/h12-14H,1-11H2. The fourth-order valence-corrected chi connectivity index (χ4v) is 4.29. The van der Waals surface area contributed by atoms with Crippen molar-refractivity contribution in [3.63, 3.8) is 0 Å². The average molecular weight is 235 g/mol. The van der Waals surface area contributed by atoms with Crippen LogP contribution in [0.4, 0.5) is 0 Å². The lowest BCUT2D eigenvalue weighted by atomic mass is 9.67. The number of likely N-dealkylation sites (tertiary alicyclic amines) is 1. The number of fused-ring (bicyclic) bond motifs is 1. The van der Waals surface area contributed by atoms with Crippen LogP contribution < -0.4 is 0 Å². The first-order chi connectivity index (χ1) is 8.34. The number of nitrogens with zero attached hydrogens (tertiary/aromatic N) is 1. The SMILES string of the molecule is O=C(C1CCC2CCCCC2C1)N1CCCC1. The Morgan fingerprint density at radius 3 is 2.29 bits per heavy atom. The fraction of sp³-hybridized carbons (Fsp3) is 0.933. The second-order valence-corrected chi connectivity index (χ2v) is 6.35. The molecule has 3 atom stereocenters. The van der Waals surface area contributed by atoms with Crippen molar-refractivity contribution < 1.29 is 4.79 Å². The second-order valence-electron chi connectivity index (χ2n) is 6.35. The van der Waals surface area contributed by atoms with Gasteiger partial charge in [-0.1, -0.05) is 25.7 Å². The van der Waals surface area contributed by atoms with E-state index < -0.39 is 0 Å². The summed E-state index contributed by atoms with van der Waals surface area (Å²) in [7, 11) is 0. The lowest BCUT2D eigenvalue weighted by Crippen LogP contribution is -2.38. The molecule has 2 heteroatoms. The zero-order chi connectivity index (χ0) is 11.7. The Morgan fingerprint density at radius 1 is 0.824 bits per heavy atom. The monoisotopic (exact) mass is 235 g/mol. The smallest absolute Gasteiger partial charge is 0.225 e. The van der Waals surface area contributed by atoms with Crippen LogP contribution >= 0.6 is 0 Å². The topological polar surface area (TPSA) is 20.3 Å². The van der Waals surface area contributed by atoms with Crippen LogP contribution in [-0.4, -0.2) is 23.9 Å². The predicted octanol–water partition coefficient (Wildman–Crippen LogP) is 3.22. The second kappa shape index (κ2) is 4.99. The summed E-state index contributed by atoms with van der Waals surface area (Å²) in [6.45, 7) is 2.06. The number of rotatable bonds is 1. The Labute approximate surface area is 105 Å². The maximum absolute atomic E-state index is 12.4. The first kappa shape index (κ1) is 11.6. The van der Waals surface area contributed by atoms with E-state index in [0.29, 0.717) is 11.8 Å². The fourth-order valence-electron chi connectivity index (χ4n) is 4.29. The van der Waals surface area contributed by atoms with E-state index in [4.69, 9.17) is 0 Å². The van der Waals surface area contributed by atoms with Crippen molar-refractivity contribution >= 4 is 5.91 Å². The minimum absolute atomic E-state index is 0.382. The van der Waals surface area contributed by atoms with Gasteiger partial charge in [-0.25, -0.2) is 0 Å². The maximum Gasteiger partial charge on any atom is 0.225 e. The highest BCUT2D eigenvalue weighted by molar-refractivity contribution is 5.79. The molecule has 1 aliphatic heterocycles. The van der Waals surface area contributed by atoms with E-state index in [2.05, 4.69) is 4.90 Å². The lowest BCUT2D eigenvalue weighted by molar-refractivity contribution is -0.136. The van der Waals surface area contributed by atoms with E-state index in [-0.39, 0.29) is 0 Å². The molecule has 1 heterocycles. The predicted molar refractivity (Wildman–Crippen MR) is 68.6 cm³/mol. The molecule has 0 N–H and O–H groups in total. The van der Waals surface area contributed by atoms with Crippen LogP contribution in [0.2, 0.25) is 0 Å². The zero-order valence-electron chi connectivity index (χ0n) is 10.9. The molecule has 3 unspecified atom stereocenters. The van der Waals surface area contributed by atoms with Crippen molar-refractivity contribution in [3.8, 4) is 0 Å². The minimum atomic E-state index is 0.382. The number of amides is 1. The molecule has 0 radical (unpaired) electrons. The van der Waals surface area contributed by atoms with Crippen LogP contribution in [0.1, 0.15) is 57.8 Å². The van der Waals surface area contributed by atoms with Gasteiger partial charge in [-0.15, -0.1) is 0 Å². The van der Waals surface area contributed by atoms with E-state index >= 15 is 0 Å². The summed E-state index contributed by atoms with van der Waals surface area (Å²) in [6, 6.07) is 0. The summed E-state index contributed by atoms with van der Waals surface area (Å²) < 4.78 is 0. The van der Waals surface area contributed by atoms with Crippen molar-refractivity contribution in [2.45, 2.75) is 57.8 Å². The molecule has 0 spiro atoms. The van der Waals surface area contributed by atoms with Crippen LogP contribution in [0, 0.1) is 17.8 Å². The molecule has 2 saturated carbocycles. The largest absolute Gasteiger partial charge is 0.342 e. The van der Waals surface area contributed by atoms with Crippen molar-refractivity contribution in [1.29, 1.82) is 0 Å². The summed E-state index contributed by atoms with van der Waals surface area (Å²) in [6.07, 6.45) is 11.8. The molecular formula is C15H25NO. The average Bonchev–Trinajstić information content (AvgIpc) is 2.91. The van der Waals surface area contributed by atoms with Gasteiger partial charge >= 0.3 is 0 Å². The molecule has 0 aromatic carbocycles.